The number of thiazole rings is 1. The van der Waals surface area contributed by atoms with Gasteiger partial charge in [0.25, 0.3) is 5.89 Å². The third-order valence-corrected chi connectivity index (χ3v) is 4.78. The van der Waals surface area contributed by atoms with Crippen molar-refractivity contribution in [2.45, 2.75) is 31.8 Å². The molecule has 3 aromatic rings. The molecule has 0 bridgehead atoms. The lowest BCUT2D eigenvalue weighted by Crippen LogP contribution is -2.12. The highest BCUT2D eigenvalue weighted by Crippen LogP contribution is 2.41. The van der Waals surface area contributed by atoms with Crippen molar-refractivity contribution in [3.63, 3.8) is 0 Å². The van der Waals surface area contributed by atoms with Crippen LogP contribution in [0.1, 0.15) is 34.5 Å². The minimum absolute atomic E-state index is 0.322. The molecule has 0 spiro atoms. The monoisotopic (exact) mass is 330 g/mol. The van der Waals surface area contributed by atoms with Gasteiger partial charge in [-0.2, -0.15) is 4.98 Å². The number of rotatable bonds is 6. The van der Waals surface area contributed by atoms with E-state index in [4.69, 9.17) is 4.52 Å². The van der Waals surface area contributed by atoms with Gasteiger partial charge in [-0.25, -0.2) is 9.37 Å². The fraction of sp³-hybridized carbons (Fsp3) is 0.312. The highest BCUT2D eigenvalue weighted by Gasteiger charge is 2.26. The fourth-order valence-corrected chi connectivity index (χ4v) is 3.34. The van der Waals surface area contributed by atoms with E-state index in [2.05, 4.69) is 20.4 Å². The molecule has 1 N–H and O–H groups in total. The topological polar surface area (TPSA) is 63.8 Å². The maximum Gasteiger partial charge on any atom is 0.258 e. The summed E-state index contributed by atoms with van der Waals surface area (Å²) in [7, 11) is 0. The summed E-state index contributed by atoms with van der Waals surface area (Å²) in [5.41, 5.74) is 0.584. The first-order valence-electron chi connectivity index (χ1n) is 7.52. The van der Waals surface area contributed by atoms with Crippen LogP contribution in [0.2, 0.25) is 0 Å². The molecular formula is C16H15FN4OS. The third kappa shape index (κ3) is 3.46. The Morgan fingerprint density at radius 1 is 1.30 bits per heavy atom. The summed E-state index contributed by atoms with van der Waals surface area (Å²) in [6.07, 6.45) is 4.47. The first-order chi connectivity index (χ1) is 11.3. The van der Waals surface area contributed by atoms with Gasteiger partial charge in [-0.1, -0.05) is 11.2 Å². The van der Waals surface area contributed by atoms with Crippen LogP contribution in [0.3, 0.4) is 0 Å². The molecule has 0 aliphatic heterocycles. The number of nitrogens with zero attached hydrogens (tertiary/aromatic N) is 3. The largest absolute Gasteiger partial charge is 0.334 e. The highest BCUT2D eigenvalue weighted by molar-refractivity contribution is 7.11. The second-order valence-corrected chi connectivity index (χ2v) is 6.72. The van der Waals surface area contributed by atoms with Crippen molar-refractivity contribution >= 4 is 11.3 Å². The molecule has 1 fully saturated rings. The standard InChI is InChI=1S/C16H15FN4OS/c17-12-3-1-2-11(6-12)15-20-14(21-22-15)9-18-7-13-8-19-16(23-13)10-4-5-10/h1-3,6,8,10,18H,4-5,7,9H2. The van der Waals surface area contributed by atoms with E-state index in [1.54, 1.807) is 23.5 Å². The predicted molar refractivity (Wildman–Crippen MR) is 84.3 cm³/mol. The van der Waals surface area contributed by atoms with Crippen LogP contribution in [-0.2, 0) is 13.1 Å². The summed E-state index contributed by atoms with van der Waals surface area (Å²) in [5.74, 6) is 1.25. The summed E-state index contributed by atoms with van der Waals surface area (Å²) in [6, 6.07) is 6.12. The molecule has 23 heavy (non-hydrogen) atoms. The van der Waals surface area contributed by atoms with Crippen molar-refractivity contribution in [2.24, 2.45) is 0 Å². The van der Waals surface area contributed by atoms with Crippen LogP contribution < -0.4 is 5.32 Å². The van der Waals surface area contributed by atoms with Gasteiger partial charge in [-0.3, -0.25) is 0 Å². The Balaban J connectivity index is 1.34. The van der Waals surface area contributed by atoms with Crippen LogP contribution >= 0.6 is 11.3 Å². The van der Waals surface area contributed by atoms with Gasteiger partial charge in [0.15, 0.2) is 5.82 Å². The quantitative estimate of drug-likeness (QED) is 0.749. The number of hydrogen-bond acceptors (Lipinski definition) is 6. The van der Waals surface area contributed by atoms with Crippen molar-refractivity contribution < 1.29 is 8.91 Å². The number of halogens is 1. The Bertz CT molecular complexity index is 812. The van der Waals surface area contributed by atoms with E-state index in [0.29, 0.717) is 29.7 Å². The van der Waals surface area contributed by atoms with Crippen LogP contribution in [0.25, 0.3) is 11.5 Å². The Kier molecular flexibility index (Phi) is 3.88. The zero-order valence-electron chi connectivity index (χ0n) is 12.3. The molecule has 1 saturated carbocycles. The van der Waals surface area contributed by atoms with E-state index >= 15 is 0 Å². The number of nitrogens with one attached hydrogen (secondary N) is 1. The summed E-state index contributed by atoms with van der Waals surface area (Å²) in [6.45, 7) is 1.23. The number of aromatic nitrogens is 3. The third-order valence-electron chi connectivity index (χ3n) is 3.62. The van der Waals surface area contributed by atoms with Gasteiger partial charge in [-0.15, -0.1) is 11.3 Å². The van der Waals surface area contributed by atoms with Gasteiger partial charge < -0.3 is 9.84 Å². The average Bonchev–Trinajstić information content (AvgIpc) is 3.11. The van der Waals surface area contributed by atoms with Gasteiger partial charge >= 0.3 is 0 Å². The molecule has 5 nitrogen and oxygen atoms in total. The molecule has 1 aromatic carbocycles. The highest BCUT2D eigenvalue weighted by atomic mass is 32.1. The van der Waals surface area contributed by atoms with Crippen molar-refractivity contribution in [3.8, 4) is 11.5 Å². The predicted octanol–water partition coefficient (Wildman–Crippen LogP) is 3.50. The van der Waals surface area contributed by atoms with Gasteiger partial charge in [0.1, 0.15) is 5.82 Å². The minimum Gasteiger partial charge on any atom is -0.334 e. The van der Waals surface area contributed by atoms with Crippen LogP contribution in [0.4, 0.5) is 4.39 Å². The van der Waals surface area contributed by atoms with Crippen LogP contribution in [0.5, 0.6) is 0 Å². The molecule has 2 heterocycles. The van der Waals surface area contributed by atoms with Crippen molar-refractivity contribution in [2.75, 3.05) is 0 Å². The second-order valence-electron chi connectivity index (χ2n) is 5.57. The van der Waals surface area contributed by atoms with E-state index in [9.17, 15) is 4.39 Å². The number of hydrogen-bond donors (Lipinski definition) is 1. The second kappa shape index (κ2) is 6.17. The molecule has 0 unspecified atom stereocenters. The molecule has 0 amide bonds. The van der Waals surface area contributed by atoms with E-state index in [0.717, 1.165) is 6.54 Å². The summed E-state index contributed by atoms with van der Waals surface area (Å²) in [5, 5.41) is 8.44. The van der Waals surface area contributed by atoms with Gasteiger partial charge in [0.2, 0.25) is 0 Å². The Hall–Kier alpha value is -2.12. The normalized spacial score (nSPS) is 14.3. The van der Waals surface area contributed by atoms with Crippen molar-refractivity contribution in [1.29, 1.82) is 0 Å². The smallest absolute Gasteiger partial charge is 0.258 e. The maximum atomic E-state index is 13.2. The molecule has 1 aliphatic carbocycles. The lowest BCUT2D eigenvalue weighted by Gasteiger charge is -1.97. The summed E-state index contributed by atoms with van der Waals surface area (Å²) < 4.78 is 18.4. The fourth-order valence-electron chi connectivity index (χ4n) is 2.29. The van der Waals surface area contributed by atoms with E-state index in [1.807, 2.05) is 6.20 Å². The summed E-state index contributed by atoms with van der Waals surface area (Å²) >= 11 is 1.76. The van der Waals surface area contributed by atoms with E-state index in [1.165, 1.54) is 34.9 Å². The molecule has 0 radical (unpaired) electrons. The summed E-state index contributed by atoms with van der Waals surface area (Å²) in [4.78, 5) is 9.94. The molecular weight excluding hydrogens is 315 g/mol. The average molecular weight is 330 g/mol. The van der Waals surface area contributed by atoms with E-state index in [-0.39, 0.29) is 5.82 Å². The first kappa shape index (κ1) is 14.5. The van der Waals surface area contributed by atoms with Crippen LogP contribution in [-0.4, -0.2) is 15.1 Å². The zero-order chi connectivity index (χ0) is 15.6. The minimum atomic E-state index is -0.322. The van der Waals surface area contributed by atoms with Crippen molar-refractivity contribution in [1.82, 2.24) is 20.4 Å². The molecule has 1 aliphatic rings. The molecule has 0 saturated heterocycles. The Labute approximate surface area is 136 Å². The number of benzene rings is 1. The van der Waals surface area contributed by atoms with Crippen molar-refractivity contribution in [3.05, 3.63) is 52.0 Å². The van der Waals surface area contributed by atoms with Gasteiger partial charge in [0, 0.05) is 29.1 Å². The van der Waals surface area contributed by atoms with Gasteiger partial charge in [-0.05, 0) is 31.0 Å². The molecule has 118 valence electrons. The zero-order valence-corrected chi connectivity index (χ0v) is 13.1. The molecule has 7 heteroatoms. The maximum absolute atomic E-state index is 13.2. The Morgan fingerprint density at radius 2 is 2.22 bits per heavy atom. The van der Waals surface area contributed by atoms with Crippen LogP contribution in [0.15, 0.2) is 35.0 Å². The first-order valence-corrected chi connectivity index (χ1v) is 8.33. The van der Waals surface area contributed by atoms with Crippen LogP contribution in [0, 0.1) is 5.82 Å². The molecule has 2 aromatic heterocycles. The van der Waals surface area contributed by atoms with Gasteiger partial charge in [0.05, 0.1) is 11.6 Å². The SMILES string of the molecule is Fc1cccc(-c2nc(CNCc3cnc(C4CC4)s3)no2)c1. The van der Waals surface area contributed by atoms with E-state index < -0.39 is 0 Å². The molecule has 4 rings (SSSR count). The molecule has 0 atom stereocenters. The lowest BCUT2D eigenvalue weighted by molar-refractivity contribution is 0.419. The lowest BCUT2D eigenvalue weighted by atomic mass is 10.2. The Morgan fingerprint density at radius 3 is 3.04 bits per heavy atom.